The summed E-state index contributed by atoms with van der Waals surface area (Å²) in [7, 11) is 0. The van der Waals surface area contributed by atoms with Crippen LogP contribution in [0.25, 0.3) is 0 Å². The number of carbonyl (C=O) groups is 2. The summed E-state index contributed by atoms with van der Waals surface area (Å²) in [5.74, 6) is -1.44. The van der Waals surface area contributed by atoms with Crippen molar-refractivity contribution in [1.82, 2.24) is 10.0 Å². The first-order chi connectivity index (χ1) is 13.2. The molecule has 2 heterocycles. The largest absolute Gasteiger partial charge is 0.416 e. The Bertz CT molecular complexity index is 882. The van der Waals surface area contributed by atoms with Crippen LogP contribution < -0.4 is 5.32 Å². The highest BCUT2D eigenvalue weighted by Gasteiger charge is 2.33. The van der Waals surface area contributed by atoms with Crippen LogP contribution in [0, 0.1) is 0 Å². The van der Waals surface area contributed by atoms with Gasteiger partial charge in [0.1, 0.15) is 5.69 Å². The highest BCUT2D eigenvalue weighted by molar-refractivity contribution is 6.30. The van der Waals surface area contributed by atoms with Crippen molar-refractivity contribution in [1.29, 1.82) is 0 Å². The van der Waals surface area contributed by atoms with Gasteiger partial charge >= 0.3 is 6.18 Å². The van der Waals surface area contributed by atoms with Crippen molar-refractivity contribution in [2.75, 3.05) is 18.5 Å². The van der Waals surface area contributed by atoms with Gasteiger partial charge < -0.3 is 5.32 Å². The lowest BCUT2D eigenvalue weighted by atomic mass is 10.1. The number of carbonyl (C=O) groups excluding carboxylic acids is 2. The van der Waals surface area contributed by atoms with Crippen LogP contribution in [0.15, 0.2) is 36.5 Å². The molecule has 1 N–H and O–H groups in total. The molecule has 1 aliphatic heterocycles. The van der Waals surface area contributed by atoms with E-state index in [9.17, 15) is 22.8 Å². The number of pyridine rings is 1. The van der Waals surface area contributed by atoms with E-state index in [1.165, 1.54) is 24.4 Å². The molecule has 28 heavy (non-hydrogen) atoms. The molecule has 0 radical (unpaired) electrons. The van der Waals surface area contributed by atoms with E-state index in [0.717, 1.165) is 23.6 Å². The van der Waals surface area contributed by atoms with Crippen LogP contribution in [0.5, 0.6) is 0 Å². The average Bonchev–Trinajstić information content (AvgIpc) is 2.67. The summed E-state index contributed by atoms with van der Waals surface area (Å²) in [6.07, 6.45) is -2.00. The fraction of sp³-hybridized carbons (Fsp3) is 0.278. The third-order valence-corrected chi connectivity index (χ3v) is 4.18. The Morgan fingerprint density at radius 2 is 1.96 bits per heavy atom. The highest BCUT2D eigenvalue weighted by atomic mass is 35.5. The van der Waals surface area contributed by atoms with Crippen LogP contribution >= 0.6 is 11.6 Å². The summed E-state index contributed by atoms with van der Waals surface area (Å²) < 4.78 is 39.8. The SMILES string of the molecule is O=C(Nc1cc(C(=O)N2CCCCO2)cc(C(F)(F)F)c1)c1ccc(Cl)cn1. The van der Waals surface area contributed by atoms with Gasteiger partial charge in [0.2, 0.25) is 0 Å². The first-order valence-electron chi connectivity index (χ1n) is 8.34. The number of hydroxylamine groups is 2. The second-order valence-corrected chi connectivity index (χ2v) is 6.50. The van der Waals surface area contributed by atoms with Crippen molar-refractivity contribution >= 4 is 29.1 Å². The number of anilines is 1. The zero-order valence-corrected chi connectivity index (χ0v) is 15.2. The van der Waals surface area contributed by atoms with Crippen LogP contribution in [0.2, 0.25) is 5.02 Å². The molecule has 0 atom stereocenters. The van der Waals surface area contributed by atoms with Crippen molar-refractivity contribution in [3.05, 3.63) is 58.4 Å². The molecule has 1 aromatic heterocycles. The fourth-order valence-electron chi connectivity index (χ4n) is 2.59. The molecule has 1 saturated heterocycles. The summed E-state index contributed by atoms with van der Waals surface area (Å²) >= 11 is 5.70. The molecule has 2 amide bonds. The second kappa shape index (κ2) is 8.15. The Labute approximate surface area is 163 Å². The summed E-state index contributed by atoms with van der Waals surface area (Å²) in [6.45, 7) is 0.599. The van der Waals surface area contributed by atoms with Crippen molar-refractivity contribution in [2.45, 2.75) is 19.0 Å². The Morgan fingerprint density at radius 3 is 2.57 bits per heavy atom. The van der Waals surface area contributed by atoms with E-state index in [1.54, 1.807) is 0 Å². The predicted molar refractivity (Wildman–Crippen MR) is 94.9 cm³/mol. The van der Waals surface area contributed by atoms with Gasteiger partial charge in [-0.05, 0) is 43.2 Å². The van der Waals surface area contributed by atoms with Gasteiger partial charge in [-0.1, -0.05) is 11.6 Å². The minimum atomic E-state index is -4.70. The lowest BCUT2D eigenvalue weighted by Gasteiger charge is -2.26. The third-order valence-electron chi connectivity index (χ3n) is 3.95. The molecule has 1 aliphatic rings. The molecule has 6 nitrogen and oxygen atoms in total. The van der Waals surface area contributed by atoms with Crippen LogP contribution in [0.4, 0.5) is 18.9 Å². The quantitative estimate of drug-likeness (QED) is 0.819. The van der Waals surface area contributed by atoms with E-state index in [1.807, 2.05) is 0 Å². The third kappa shape index (κ3) is 4.79. The van der Waals surface area contributed by atoms with E-state index in [-0.39, 0.29) is 23.5 Å². The maximum absolute atomic E-state index is 13.3. The first kappa shape index (κ1) is 20.1. The van der Waals surface area contributed by atoms with Crippen LogP contribution in [-0.4, -0.2) is 35.0 Å². The number of aromatic nitrogens is 1. The van der Waals surface area contributed by atoms with Gasteiger partial charge in [-0.15, -0.1) is 0 Å². The first-order valence-corrected chi connectivity index (χ1v) is 8.72. The van der Waals surface area contributed by atoms with Crippen molar-refractivity contribution in [3.63, 3.8) is 0 Å². The van der Waals surface area contributed by atoms with Gasteiger partial charge in [-0.2, -0.15) is 13.2 Å². The summed E-state index contributed by atoms with van der Waals surface area (Å²) in [4.78, 5) is 33.8. The predicted octanol–water partition coefficient (Wildman–Crippen LogP) is 4.17. The number of halogens is 4. The molecule has 0 bridgehead atoms. The number of amides is 2. The lowest BCUT2D eigenvalue weighted by Crippen LogP contribution is -2.35. The summed E-state index contributed by atoms with van der Waals surface area (Å²) in [5, 5.41) is 3.68. The standard InChI is InChI=1S/C18H15ClF3N3O3/c19-13-3-4-15(23-10-13)16(26)24-14-8-11(7-12(9-14)18(20,21)22)17(27)25-5-1-2-6-28-25/h3-4,7-10H,1-2,5-6H2,(H,24,26). The van der Waals surface area contributed by atoms with E-state index in [0.29, 0.717) is 18.1 Å². The maximum Gasteiger partial charge on any atom is 0.416 e. The van der Waals surface area contributed by atoms with Gasteiger partial charge in [0.15, 0.2) is 0 Å². The number of alkyl halides is 3. The van der Waals surface area contributed by atoms with Crippen LogP contribution in [-0.2, 0) is 11.0 Å². The van der Waals surface area contributed by atoms with Gasteiger partial charge in [0.05, 0.1) is 17.2 Å². The number of nitrogens with one attached hydrogen (secondary N) is 1. The fourth-order valence-corrected chi connectivity index (χ4v) is 2.70. The molecule has 2 aromatic rings. The number of benzene rings is 1. The second-order valence-electron chi connectivity index (χ2n) is 6.06. The number of nitrogens with zero attached hydrogens (tertiary/aromatic N) is 2. The van der Waals surface area contributed by atoms with E-state index in [4.69, 9.17) is 16.4 Å². The normalized spacial score (nSPS) is 14.6. The van der Waals surface area contributed by atoms with Gasteiger partial charge in [-0.3, -0.25) is 14.4 Å². The minimum Gasteiger partial charge on any atom is -0.321 e. The molecule has 1 fully saturated rings. The minimum absolute atomic E-state index is 0.0333. The maximum atomic E-state index is 13.3. The average molecular weight is 414 g/mol. The van der Waals surface area contributed by atoms with Crippen molar-refractivity contribution < 1.29 is 27.6 Å². The van der Waals surface area contributed by atoms with Gasteiger partial charge in [0, 0.05) is 24.0 Å². The van der Waals surface area contributed by atoms with Crippen LogP contribution in [0.1, 0.15) is 39.3 Å². The van der Waals surface area contributed by atoms with E-state index < -0.39 is 23.6 Å². The molecule has 0 aliphatic carbocycles. The number of hydrogen-bond donors (Lipinski definition) is 1. The molecular formula is C18H15ClF3N3O3. The molecule has 3 rings (SSSR count). The molecule has 1 aromatic carbocycles. The van der Waals surface area contributed by atoms with Gasteiger partial charge in [0.25, 0.3) is 11.8 Å². The lowest BCUT2D eigenvalue weighted by molar-refractivity contribution is -0.144. The number of hydrogen-bond acceptors (Lipinski definition) is 4. The highest BCUT2D eigenvalue weighted by Crippen LogP contribution is 2.32. The Balaban J connectivity index is 1.90. The Kier molecular flexibility index (Phi) is 5.85. The van der Waals surface area contributed by atoms with Gasteiger partial charge in [-0.25, -0.2) is 10.0 Å². The van der Waals surface area contributed by atoms with Crippen molar-refractivity contribution in [2.24, 2.45) is 0 Å². The molecular weight excluding hydrogens is 399 g/mol. The number of rotatable bonds is 3. The van der Waals surface area contributed by atoms with E-state index >= 15 is 0 Å². The molecule has 0 unspecified atom stereocenters. The summed E-state index contributed by atoms with van der Waals surface area (Å²) in [5.41, 5.74) is -1.52. The monoisotopic (exact) mass is 413 g/mol. The van der Waals surface area contributed by atoms with E-state index in [2.05, 4.69) is 10.3 Å². The zero-order chi connectivity index (χ0) is 20.3. The zero-order valence-electron chi connectivity index (χ0n) is 14.4. The topological polar surface area (TPSA) is 71.5 Å². The molecule has 0 saturated carbocycles. The molecule has 10 heteroatoms. The van der Waals surface area contributed by atoms with Crippen molar-refractivity contribution in [3.8, 4) is 0 Å². The smallest absolute Gasteiger partial charge is 0.321 e. The molecule has 0 spiro atoms. The molecule has 148 valence electrons. The Morgan fingerprint density at radius 1 is 1.18 bits per heavy atom. The Hall–Kier alpha value is -2.65. The summed E-state index contributed by atoms with van der Waals surface area (Å²) in [6, 6.07) is 5.42. The van der Waals surface area contributed by atoms with Crippen LogP contribution in [0.3, 0.4) is 0 Å².